The van der Waals surface area contributed by atoms with Crippen molar-refractivity contribution in [1.82, 2.24) is 5.32 Å². The number of nitrogens with zero attached hydrogens (tertiary/aromatic N) is 1. The Labute approximate surface area is 75.0 Å². The lowest BCUT2D eigenvalue weighted by Gasteiger charge is -2.14. The molecule has 0 atom stereocenters. The fourth-order valence-electron chi connectivity index (χ4n) is 1.18. The molecule has 1 N–H and O–H groups in total. The van der Waals surface area contributed by atoms with Crippen molar-refractivity contribution >= 4 is 0 Å². The van der Waals surface area contributed by atoms with Crippen LogP contribution in [0.4, 0.5) is 0 Å². The first kappa shape index (κ1) is 9.54. The van der Waals surface area contributed by atoms with E-state index >= 15 is 0 Å². The molecule has 0 aliphatic heterocycles. The van der Waals surface area contributed by atoms with E-state index in [1.54, 1.807) is 0 Å². The lowest BCUT2D eigenvalue weighted by molar-refractivity contribution is 0.425. The van der Waals surface area contributed by atoms with Gasteiger partial charge in [-0.1, -0.05) is 0 Å². The van der Waals surface area contributed by atoms with Crippen molar-refractivity contribution in [3.63, 3.8) is 0 Å². The van der Waals surface area contributed by atoms with E-state index in [4.69, 9.17) is 5.26 Å². The molecule has 0 saturated heterocycles. The molecule has 0 spiro atoms. The molecule has 0 amide bonds. The van der Waals surface area contributed by atoms with Crippen LogP contribution in [0.25, 0.3) is 0 Å². The van der Waals surface area contributed by atoms with Gasteiger partial charge in [0, 0.05) is 6.04 Å². The molecule has 2 nitrogen and oxygen atoms in total. The highest BCUT2D eigenvalue weighted by molar-refractivity contribution is 4.91. The predicted octanol–water partition coefficient (Wildman–Crippen LogP) is 2.07. The van der Waals surface area contributed by atoms with E-state index in [2.05, 4.69) is 11.4 Å². The van der Waals surface area contributed by atoms with Crippen molar-refractivity contribution in [2.45, 2.75) is 45.6 Å². The van der Waals surface area contributed by atoms with E-state index in [9.17, 15) is 0 Å². The first-order chi connectivity index (χ1) is 5.64. The van der Waals surface area contributed by atoms with Crippen LogP contribution in [0.3, 0.4) is 0 Å². The maximum atomic E-state index is 8.74. The zero-order valence-electron chi connectivity index (χ0n) is 8.06. The highest BCUT2D eigenvalue weighted by atomic mass is 14.9. The van der Waals surface area contributed by atoms with Crippen molar-refractivity contribution in [3.8, 4) is 6.07 Å². The zero-order valence-corrected chi connectivity index (χ0v) is 8.06. The first-order valence-electron chi connectivity index (χ1n) is 4.79. The van der Waals surface area contributed by atoms with Crippen LogP contribution >= 0.6 is 0 Å². The van der Waals surface area contributed by atoms with Gasteiger partial charge in [-0.15, -0.1) is 0 Å². The van der Waals surface area contributed by atoms with Gasteiger partial charge < -0.3 is 5.32 Å². The first-order valence-corrected chi connectivity index (χ1v) is 4.79. The van der Waals surface area contributed by atoms with Crippen LogP contribution in [-0.4, -0.2) is 12.6 Å². The number of rotatable bonds is 5. The quantitative estimate of drug-likeness (QED) is 0.635. The summed E-state index contributed by atoms with van der Waals surface area (Å²) in [7, 11) is 0. The molecule has 0 aromatic rings. The van der Waals surface area contributed by atoms with Gasteiger partial charge in [-0.05, 0) is 46.1 Å². The summed E-state index contributed by atoms with van der Waals surface area (Å²) in [6.07, 6.45) is 4.82. The molecule has 0 heterocycles. The minimum Gasteiger partial charge on any atom is -0.314 e. The normalized spacial score (nSPS) is 17.4. The molecular formula is C10H18N2. The topological polar surface area (TPSA) is 35.8 Å². The Balaban J connectivity index is 1.97. The Morgan fingerprint density at radius 2 is 2.17 bits per heavy atom. The molecule has 2 heteroatoms. The van der Waals surface area contributed by atoms with Gasteiger partial charge in [-0.3, -0.25) is 0 Å². The van der Waals surface area contributed by atoms with Gasteiger partial charge in [0.2, 0.25) is 0 Å². The van der Waals surface area contributed by atoms with Crippen LogP contribution < -0.4 is 5.32 Å². The minimum absolute atomic E-state index is 0.134. The zero-order chi connectivity index (χ0) is 9.03. The van der Waals surface area contributed by atoms with Crippen LogP contribution in [0, 0.1) is 16.7 Å². The number of nitriles is 1. The third kappa shape index (κ3) is 3.73. The fraction of sp³-hybridized carbons (Fsp3) is 0.900. The fourth-order valence-corrected chi connectivity index (χ4v) is 1.18. The molecule has 0 radical (unpaired) electrons. The molecule has 68 valence electrons. The summed E-state index contributed by atoms with van der Waals surface area (Å²) in [4.78, 5) is 0. The largest absolute Gasteiger partial charge is 0.314 e. The van der Waals surface area contributed by atoms with Gasteiger partial charge in [0.25, 0.3) is 0 Å². The highest BCUT2D eigenvalue weighted by Gasteiger charge is 2.20. The van der Waals surface area contributed by atoms with Crippen molar-refractivity contribution in [1.29, 1.82) is 5.26 Å². The molecule has 1 fully saturated rings. The second-order valence-corrected chi connectivity index (χ2v) is 4.33. The van der Waals surface area contributed by atoms with Gasteiger partial charge in [0.05, 0.1) is 11.5 Å². The van der Waals surface area contributed by atoms with Crippen LogP contribution in [-0.2, 0) is 0 Å². The molecule has 1 saturated carbocycles. The Morgan fingerprint density at radius 3 is 2.67 bits per heavy atom. The van der Waals surface area contributed by atoms with Crippen LogP contribution in [0.15, 0.2) is 0 Å². The summed E-state index contributed by atoms with van der Waals surface area (Å²) >= 11 is 0. The summed E-state index contributed by atoms with van der Waals surface area (Å²) in [6.45, 7) is 5.09. The summed E-state index contributed by atoms with van der Waals surface area (Å²) in [6, 6.07) is 3.12. The van der Waals surface area contributed by atoms with Crippen molar-refractivity contribution in [3.05, 3.63) is 0 Å². The summed E-state index contributed by atoms with van der Waals surface area (Å²) in [5.74, 6) is 0. The third-order valence-corrected chi connectivity index (χ3v) is 2.29. The van der Waals surface area contributed by atoms with E-state index < -0.39 is 0 Å². The molecule has 12 heavy (non-hydrogen) atoms. The number of hydrogen-bond acceptors (Lipinski definition) is 2. The van der Waals surface area contributed by atoms with Gasteiger partial charge in [-0.25, -0.2) is 0 Å². The smallest absolute Gasteiger partial charge is 0.0683 e. The van der Waals surface area contributed by atoms with Gasteiger partial charge in [-0.2, -0.15) is 5.26 Å². The Bertz CT molecular complexity index is 175. The van der Waals surface area contributed by atoms with E-state index in [0.717, 1.165) is 25.4 Å². The SMILES string of the molecule is CC(C)(C#N)CCCNC1CC1. The van der Waals surface area contributed by atoms with Crippen molar-refractivity contribution in [2.75, 3.05) is 6.54 Å². The Hall–Kier alpha value is -0.550. The molecule has 0 aromatic heterocycles. The summed E-state index contributed by atoms with van der Waals surface area (Å²) < 4.78 is 0. The average molecular weight is 166 g/mol. The molecule has 1 aliphatic rings. The van der Waals surface area contributed by atoms with E-state index in [1.165, 1.54) is 12.8 Å². The standard InChI is InChI=1S/C10H18N2/c1-10(2,8-11)6-3-7-12-9-4-5-9/h9,12H,3-7H2,1-2H3. The maximum absolute atomic E-state index is 8.74. The van der Waals surface area contributed by atoms with Gasteiger partial charge in [0.1, 0.15) is 0 Å². The molecular weight excluding hydrogens is 148 g/mol. The van der Waals surface area contributed by atoms with Crippen LogP contribution in [0.5, 0.6) is 0 Å². The summed E-state index contributed by atoms with van der Waals surface area (Å²) in [5, 5.41) is 12.2. The van der Waals surface area contributed by atoms with Crippen LogP contribution in [0.2, 0.25) is 0 Å². The van der Waals surface area contributed by atoms with E-state index in [-0.39, 0.29) is 5.41 Å². The maximum Gasteiger partial charge on any atom is 0.0683 e. The minimum atomic E-state index is -0.134. The number of nitrogens with one attached hydrogen (secondary N) is 1. The molecule has 0 aromatic carbocycles. The second kappa shape index (κ2) is 3.91. The van der Waals surface area contributed by atoms with E-state index in [0.29, 0.717) is 0 Å². The average Bonchev–Trinajstić information content (AvgIpc) is 2.82. The molecule has 1 rings (SSSR count). The number of hydrogen-bond donors (Lipinski definition) is 1. The Kier molecular flexibility index (Phi) is 3.11. The molecule has 1 aliphatic carbocycles. The van der Waals surface area contributed by atoms with Gasteiger partial charge in [0.15, 0.2) is 0 Å². The monoisotopic (exact) mass is 166 g/mol. The van der Waals surface area contributed by atoms with Crippen molar-refractivity contribution in [2.24, 2.45) is 5.41 Å². The van der Waals surface area contributed by atoms with E-state index in [1.807, 2.05) is 13.8 Å². The molecule has 0 bridgehead atoms. The third-order valence-electron chi connectivity index (χ3n) is 2.29. The Morgan fingerprint density at radius 1 is 1.50 bits per heavy atom. The lowest BCUT2D eigenvalue weighted by Crippen LogP contribution is -2.19. The lowest BCUT2D eigenvalue weighted by atomic mass is 9.90. The second-order valence-electron chi connectivity index (χ2n) is 4.33. The predicted molar refractivity (Wildman–Crippen MR) is 49.7 cm³/mol. The van der Waals surface area contributed by atoms with Gasteiger partial charge >= 0.3 is 0 Å². The summed E-state index contributed by atoms with van der Waals surface area (Å²) in [5.41, 5.74) is -0.134. The highest BCUT2D eigenvalue weighted by Crippen LogP contribution is 2.21. The van der Waals surface area contributed by atoms with Crippen molar-refractivity contribution < 1.29 is 0 Å². The van der Waals surface area contributed by atoms with Crippen LogP contribution in [0.1, 0.15) is 39.5 Å². The molecule has 0 unspecified atom stereocenters.